The van der Waals surface area contributed by atoms with Crippen LogP contribution in [0.5, 0.6) is 0 Å². The maximum Gasteiger partial charge on any atom is 0.308 e. The normalized spacial score (nSPS) is 19.5. The Morgan fingerprint density at radius 1 is 1.22 bits per heavy atom. The van der Waals surface area contributed by atoms with Crippen molar-refractivity contribution in [3.63, 3.8) is 0 Å². The number of pyridine rings is 1. The highest BCUT2D eigenvalue weighted by Gasteiger charge is 2.41. The van der Waals surface area contributed by atoms with Crippen LogP contribution in [0.2, 0.25) is 0 Å². The van der Waals surface area contributed by atoms with Gasteiger partial charge in [-0.25, -0.2) is 4.39 Å². The third-order valence-electron chi connectivity index (χ3n) is 4.99. The molecule has 1 aromatic carbocycles. The number of carbonyl (C=O) groups is 2. The minimum absolute atomic E-state index is 0.0246. The summed E-state index contributed by atoms with van der Waals surface area (Å²) < 4.78 is 13.6. The number of carbonyl (C=O) groups excluding carboxylic acids is 1. The number of amides is 1. The highest BCUT2D eigenvalue weighted by atomic mass is 19.1. The van der Waals surface area contributed by atoms with Crippen molar-refractivity contribution in [2.45, 2.75) is 25.7 Å². The highest BCUT2D eigenvalue weighted by molar-refractivity contribution is 5.94. The third-order valence-corrected chi connectivity index (χ3v) is 4.99. The zero-order chi connectivity index (χ0) is 19.7. The number of likely N-dealkylation sites (tertiary alicyclic amines) is 1. The number of nitrogens with zero attached hydrogens (tertiary/aromatic N) is 1. The molecular formula is C20H21FN2O4. The molecule has 142 valence electrons. The number of carboxylic acids is 1. The van der Waals surface area contributed by atoms with Crippen LogP contribution in [0.1, 0.15) is 47.3 Å². The molecule has 0 spiro atoms. The fourth-order valence-corrected chi connectivity index (χ4v) is 3.46. The third kappa shape index (κ3) is 3.77. The van der Waals surface area contributed by atoms with E-state index in [0.717, 1.165) is 5.69 Å². The molecule has 1 fully saturated rings. The van der Waals surface area contributed by atoms with E-state index in [1.807, 2.05) is 13.8 Å². The molecule has 6 nitrogen and oxygen atoms in total. The first-order valence-electron chi connectivity index (χ1n) is 8.78. The maximum atomic E-state index is 13.6. The van der Waals surface area contributed by atoms with Crippen molar-refractivity contribution in [3.8, 4) is 0 Å². The fourth-order valence-electron chi connectivity index (χ4n) is 3.46. The van der Waals surface area contributed by atoms with Crippen LogP contribution >= 0.6 is 0 Å². The van der Waals surface area contributed by atoms with Gasteiger partial charge in [-0.1, -0.05) is 26.0 Å². The number of aliphatic carboxylic acids is 1. The summed E-state index contributed by atoms with van der Waals surface area (Å²) in [6, 6.07) is 8.91. The van der Waals surface area contributed by atoms with Crippen molar-refractivity contribution in [3.05, 3.63) is 69.4 Å². The highest BCUT2D eigenvalue weighted by Crippen LogP contribution is 2.33. The maximum absolute atomic E-state index is 13.6. The van der Waals surface area contributed by atoms with Crippen LogP contribution in [0.25, 0.3) is 0 Å². The molecule has 2 N–H and O–H groups in total. The van der Waals surface area contributed by atoms with E-state index in [0.29, 0.717) is 5.56 Å². The second-order valence-electron chi connectivity index (χ2n) is 7.13. The minimum atomic E-state index is -1.05. The summed E-state index contributed by atoms with van der Waals surface area (Å²) >= 11 is 0. The molecule has 1 amide bonds. The number of aromatic nitrogens is 1. The molecule has 1 saturated heterocycles. The molecule has 0 bridgehead atoms. The number of halogens is 1. The Morgan fingerprint density at radius 3 is 2.56 bits per heavy atom. The van der Waals surface area contributed by atoms with E-state index in [-0.39, 0.29) is 24.6 Å². The van der Waals surface area contributed by atoms with E-state index < -0.39 is 35.1 Å². The minimum Gasteiger partial charge on any atom is -0.481 e. The first-order valence-corrected chi connectivity index (χ1v) is 8.78. The van der Waals surface area contributed by atoms with Gasteiger partial charge in [0.25, 0.3) is 11.5 Å². The Morgan fingerprint density at radius 2 is 1.96 bits per heavy atom. The average molecular weight is 372 g/mol. The molecule has 2 aromatic rings. The summed E-state index contributed by atoms with van der Waals surface area (Å²) in [7, 11) is 0. The van der Waals surface area contributed by atoms with Crippen LogP contribution in [0.3, 0.4) is 0 Å². The van der Waals surface area contributed by atoms with Gasteiger partial charge in [-0.3, -0.25) is 14.4 Å². The van der Waals surface area contributed by atoms with Gasteiger partial charge in [0.05, 0.1) is 5.92 Å². The van der Waals surface area contributed by atoms with E-state index in [2.05, 4.69) is 4.98 Å². The molecule has 1 aromatic heterocycles. The SMILES string of the molecule is CC(C)c1ccc(C(=O)N2C[C@@H](C(=O)O)[C@H](c3cccc(F)c3)C2)c(=O)[nH]1. The Labute approximate surface area is 155 Å². The van der Waals surface area contributed by atoms with Gasteiger partial charge in [-0.05, 0) is 35.7 Å². The predicted molar refractivity (Wildman–Crippen MR) is 97.3 cm³/mol. The van der Waals surface area contributed by atoms with Crippen LogP contribution in [-0.4, -0.2) is 40.0 Å². The lowest BCUT2D eigenvalue weighted by Crippen LogP contribution is -2.34. The van der Waals surface area contributed by atoms with E-state index in [9.17, 15) is 23.9 Å². The van der Waals surface area contributed by atoms with Crippen molar-refractivity contribution in [2.24, 2.45) is 5.92 Å². The standard InChI is InChI=1S/C20H21FN2O4/c1-11(2)17-7-6-14(18(24)22-17)19(25)23-9-15(16(10-23)20(26)27)12-4-3-5-13(21)8-12/h3-8,11,15-16H,9-10H2,1-2H3,(H,22,24)(H,26,27)/t15-,16+/m0/s1. The molecule has 1 aliphatic heterocycles. The van der Waals surface area contributed by atoms with Crippen molar-refractivity contribution in [2.75, 3.05) is 13.1 Å². The van der Waals surface area contributed by atoms with Crippen LogP contribution in [0.15, 0.2) is 41.2 Å². The lowest BCUT2D eigenvalue weighted by atomic mass is 9.89. The summed E-state index contributed by atoms with van der Waals surface area (Å²) in [5.41, 5.74) is 0.733. The van der Waals surface area contributed by atoms with Gasteiger partial charge in [-0.15, -0.1) is 0 Å². The van der Waals surface area contributed by atoms with Gasteiger partial charge in [0, 0.05) is 24.7 Å². The van der Waals surface area contributed by atoms with Crippen LogP contribution < -0.4 is 5.56 Å². The summed E-state index contributed by atoms with van der Waals surface area (Å²) in [6.45, 7) is 3.94. The van der Waals surface area contributed by atoms with Crippen molar-refractivity contribution in [1.29, 1.82) is 0 Å². The Balaban J connectivity index is 1.88. The summed E-state index contributed by atoms with van der Waals surface area (Å²) in [4.78, 5) is 40.8. The molecule has 3 rings (SSSR count). The molecule has 2 heterocycles. The molecule has 2 atom stereocenters. The zero-order valence-electron chi connectivity index (χ0n) is 15.1. The number of benzene rings is 1. The van der Waals surface area contributed by atoms with Gasteiger partial charge in [0.1, 0.15) is 11.4 Å². The van der Waals surface area contributed by atoms with Crippen LogP contribution in [-0.2, 0) is 4.79 Å². The van der Waals surface area contributed by atoms with Gasteiger partial charge < -0.3 is 15.0 Å². The molecule has 0 saturated carbocycles. The monoisotopic (exact) mass is 372 g/mol. The van der Waals surface area contributed by atoms with Crippen molar-refractivity contribution < 1.29 is 19.1 Å². The van der Waals surface area contributed by atoms with Gasteiger partial charge >= 0.3 is 5.97 Å². The average Bonchev–Trinajstić information content (AvgIpc) is 3.06. The van der Waals surface area contributed by atoms with Crippen LogP contribution in [0.4, 0.5) is 4.39 Å². The van der Waals surface area contributed by atoms with Crippen molar-refractivity contribution >= 4 is 11.9 Å². The molecule has 27 heavy (non-hydrogen) atoms. The zero-order valence-corrected chi connectivity index (χ0v) is 15.1. The van der Waals surface area contributed by atoms with E-state index in [1.165, 1.54) is 29.2 Å². The number of carboxylic acid groups (broad SMARTS) is 1. The Hall–Kier alpha value is -2.96. The quantitative estimate of drug-likeness (QED) is 0.863. The molecule has 7 heteroatoms. The van der Waals surface area contributed by atoms with Gasteiger partial charge in [0.15, 0.2) is 0 Å². The van der Waals surface area contributed by atoms with E-state index in [4.69, 9.17) is 0 Å². The van der Waals surface area contributed by atoms with E-state index >= 15 is 0 Å². The molecule has 0 aliphatic carbocycles. The second kappa shape index (κ2) is 7.34. The molecule has 0 radical (unpaired) electrons. The predicted octanol–water partition coefficient (Wildman–Crippen LogP) is 2.58. The van der Waals surface area contributed by atoms with E-state index in [1.54, 1.807) is 12.1 Å². The number of hydrogen-bond acceptors (Lipinski definition) is 3. The number of aromatic amines is 1. The lowest BCUT2D eigenvalue weighted by molar-refractivity contribution is -0.141. The smallest absolute Gasteiger partial charge is 0.308 e. The summed E-state index contributed by atoms with van der Waals surface area (Å²) in [5.74, 6) is -3.30. The summed E-state index contributed by atoms with van der Waals surface area (Å²) in [5, 5.41) is 9.54. The Bertz CT molecular complexity index is 938. The Kier molecular flexibility index (Phi) is 5.12. The first-order chi connectivity index (χ1) is 12.8. The molecular weight excluding hydrogens is 351 g/mol. The number of nitrogens with one attached hydrogen (secondary N) is 1. The number of rotatable bonds is 4. The van der Waals surface area contributed by atoms with Crippen molar-refractivity contribution in [1.82, 2.24) is 9.88 Å². The van der Waals surface area contributed by atoms with Gasteiger partial charge in [0.2, 0.25) is 0 Å². The summed E-state index contributed by atoms with van der Waals surface area (Å²) in [6.07, 6.45) is 0. The fraction of sp³-hybridized carbons (Fsp3) is 0.350. The first kappa shape index (κ1) is 18.8. The molecule has 1 aliphatic rings. The lowest BCUT2D eigenvalue weighted by Gasteiger charge is -2.17. The van der Waals surface area contributed by atoms with Gasteiger partial charge in [-0.2, -0.15) is 0 Å². The number of hydrogen-bond donors (Lipinski definition) is 2. The largest absolute Gasteiger partial charge is 0.481 e. The topological polar surface area (TPSA) is 90.5 Å². The number of H-pyrrole nitrogens is 1. The molecule has 0 unspecified atom stereocenters. The van der Waals surface area contributed by atoms with Crippen LogP contribution in [0, 0.1) is 11.7 Å². The second-order valence-corrected chi connectivity index (χ2v) is 7.13.